The van der Waals surface area contributed by atoms with Crippen molar-refractivity contribution in [2.24, 2.45) is 0 Å². The number of nitrogens with one attached hydrogen (secondary N) is 1. The molecule has 4 nitrogen and oxygen atoms in total. The first-order chi connectivity index (χ1) is 8.31. The van der Waals surface area contributed by atoms with Crippen LogP contribution in [0, 0.1) is 0 Å². The molecule has 0 fully saturated rings. The molecule has 0 aromatic rings. The molecule has 0 radical (unpaired) electrons. The normalized spacial score (nSPS) is 10.5. The van der Waals surface area contributed by atoms with Crippen LogP contribution >= 0.6 is 0 Å². The topological polar surface area (TPSA) is 47.6 Å². The van der Waals surface area contributed by atoms with Crippen LogP contribution < -0.4 is 5.32 Å². The second-order valence-corrected chi connectivity index (χ2v) is 4.16. The van der Waals surface area contributed by atoms with Gasteiger partial charge in [-0.3, -0.25) is 4.79 Å². The van der Waals surface area contributed by atoms with Crippen LogP contribution in [0.2, 0.25) is 0 Å². The van der Waals surface area contributed by atoms with Gasteiger partial charge >= 0.3 is 5.97 Å². The lowest BCUT2D eigenvalue weighted by molar-refractivity contribution is -0.142. The Morgan fingerprint density at radius 3 is 2.47 bits per heavy atom. The SMILES string of the molecule is CCCCCCCCOC(=O)CNCCOC. The lowest BCUT2D eigenvalue weighted by Gasteiger charge is -2.06. The molecule has 0 amide bonds. The summed E-state index contributed by atoms with van der Waals surface area (Å²) < 4.78 is 9.94. The lowest BCUT2D eigenvalue weighted by atomic mass is 10.1. The van der Waals surface area contributed by atoms with Gasteiger partial charge in [0.05, 0.1) is 19.8 Å². The predicted molar refractivity (Wildman–Crippen MR) is 69.1 cm³/mol. The fourth-order valence-electron chi connectivity index (χ4n) is 1.48. The molecule has 0 aliphatic rings. The fourth-order valence-corrected chi connectivity index (χ4v) is 1.48. The Kier molecular flexibility index (Phi) is 13.0. The van der Waals surface area contributed by atoms with Crippen LogP contribution in [0.25, 0.3) is 0 Å². The summed E-state index contributed by atoms with van der Waals surface area (Å²) in [6.45, 7) is 4.34. The largest absolute Gasteiger partial charge is 0.465 e. The highest BCUT2D eigenvalue weighted by atomic mass is 16.5. The molecular formula is C13H27NO3. The number of hydrogen-bond donors (Lipinski definition) is 1. The van der Waals surface area contributed by atoms with Crippen LogP contribution in [0.5, 0.6) is 0 Å². The van der Waals surface area contributed by atoms with Gasteiger partial charge in [-0.25, -0.2) is 0 Å². The maximum absolute atomic E-state index is 11.2. The minimum Gasteiger partial charge on any atom is -0.465 e. The van der Waals surface area contributed by atoms with Crippen LogP contribution in [-0.4, -0.2) is 39.4 Å². The molecule has 0 heterocycles. The van der Waals surface area contributed by atoms with Gasteiger partial charge < -0.3 is 14.8 Å². The average molecular weight is 245 g/mol. The van der Waals surface area contributed by atoms with Crippen LogP contribution in [0.4, 0.5) is 0 Å². The fraction of sp³-hybridized carbons (Fsp3) is 0.923. The number of methoxy groups -OCH3 is 1. The summed E-state index contributed by atoms with van der Waals surface area (Å²) in [7, 11) is 1.64. The Bertz CT molecular complexity index is 174. The van der Waals surface area contributed by atoms with Gasteiger partial charge in [0.15, 0.2) is 0 Å². The summed E-state index contributed by atoms with van der Waals surface area (Å²) in [4.78, 5) is 11.2. The van der Waals surface area contributed by atoms with Crippen molar-refractivity contribution in [3.8, 4) is 0 Å². The summed E-state index contributed by atoms with van der Waals surface area (Å²) in [5.74, 6) is -0.172. The molecule has 0 unspecified atom stereocenters. The second kappa shape index (κ2) is 13.5. The standard InChI is InChI=1S/C13H27NO3/c1-3-4-5-6-7-8-10-17-13(15)12-14-9-11-16-2/h14H,3-12H2,1-2H3. The summed E-state index contributed by atoms with van der Waals surface area (Å²) in [5, 5.41) is 2.96. The third kappa shape index (κ3) is 13.3. The first kappa shape index (κ1) is 16.4. The van der Waals surface area contributed by atoms with Gasteiger partial charge in [0.2, 0.25) is 0 Å². The van der Waals surface area contributed by atoms with E-state index in [1.54, 1.807) is 7.11 Å². The van der Waals surface area contributed by atoms with Gasteiger partial charge in [-0.1, -0.05) is 39.0 Å². The molecule has 0 saturated heterocycles. The van der Waals surface area contributed by atoms with E-state index in [2.05, 4.69) is 12.2 Å². The Balaban J connectivity index is 3.11. The monoisotopic (exact) mass is 245 g/mol. The average Bonchev–Trinajstić information content (AvgIpc) is 2.33. The zero-order valence-corrected chi connectivity index (χ0v) is 11.3. The number of carbonyl (C=O) groups excluding carboxylic acids is 1. The van der Waals surface area contributed by atoms with Gasteiger partial charge in [-0.15, -0.1) is 0 Å². The van der Waals surface area contributed by atoms with Gasteiger partial charge in [0, 0.05) is 13.7 Å². The molecule has 0 aromatic heterocycles. The highest BCUT2D eigenvalue weighted by Gasteiger charge is 2.00. The molecule has 0 aliphatic carbocycles. The summed E-state index contributed by atoms with van der Waals surface area (Å²) in [5.41, 5.74) is 0. The van der Waals surface area contributed by atoms with E-state index in [4.69, 9.17) is 9.47 Å². The van der Waals surface area contributed by atoms with Crippen molar-refractivity contribution in [2.75, 3.05) is 33.4 Å². The van der Waals surface area contributed by atoms with Crippen molar-refractivity contribution in [3.63, 3.8) is 0 Å². The molecule has 0 aliphatic heterocycles. The van der Waals surface area contributed by atoms with E-state index in [1.807, 2.05) is 0 Å². The van der Waals surface area contributed by atoms with Crippen LogP contribution in [0.3, 0.4) is 0 Å². The van der Waals surface area contributed by atoms with E-state index < -0.39 is 0 Å². The number of esters is 1. The number of hydrogen-bond acceptors (Lipinski definition) is 4. The summed E-state index contributed by atoms with van der Waals surface area (Å²) in [6.07, 6.45) is 7.25. The summed E-state index contributed by atoms with van der Waals surface area (Å²) in [6, 6.07) is 0. The second-order valence-electron chi connectivity index (χ2n) is 4.16. The molecule has 0 spiro atoms. The van der Waals surface area contributed by atoms with Crippen LogP contribution in [0.1, 0.15) is 45.4 Å². The van der Waals surface area contributed by atoms with Crippen molar-refractivity contribution >= 4 is 5.97 Å². The Morgan fingerprint density at radius 1 is 1.06 bits per heavy atom. The minimum atomic E-state index is -0.172. The Morgan fingerprint density at radius 2 is 1.76 bits per heavy atom. The third-order valence-electron chi connectivity index (χ3n) is 2.51. The predicted octanol–water partition coefficient (Wildman–Crippen LogP) is 2.13. The molecule has 17 heavy (non-hydrogen) atoms. The van der Waals surface area contributed by atoms with Crippen LogP contribution in [-0.2, 0) is 14.3 Å². The molecule has 0 atom stereocenters. The van der Waals surface area contributed by atoms with E-state index in [0.29, 0.717) is 19.8 Å². The zero-order chi connectivity index (χ0) is 12.8. The molecule has 0 aromatic carbocycles. The molecule has 0 bridgehead atoms. The highest BCUT2D eigenvalue weighted by molar-refractivity contribution is 5.71. The number of ether oxygens (including phenoxy) is 2. The first-order valence-corrected chi connectivity index (χ1v) is 6.66. The highest BCUT2D eigenvalue weighted by Crippen LogP contribution is 2.04. The van der Waals surface area contributed by atoms with E-state index in [1.165, 1.54) is 25.7 Å². The van der Waals surface area contributed by atoms with Gasteiger partial charge in [0.1, 0.15) is 0 Å². The number of rotatable bonds is 12. The Hall–Kier alpha value is -0.610. The van der Waals surface area contributed by atoms with E-state index in [0.717, 1.165) is 12.8 Å². The number of carbonyl (C=O) groups is 1. The van der Waals surface area contributed by atoms with E-state index in [-0.39, 0.29) is 12.5 Å². The minimum absolute atomic E-state index is 0.172. The molecule has 4 heteroatoms. The first-order valence-electron chi connectivity index (χ1n) is 6.66. The van der Waals surface area contributed by atoms with Gasteiger partial charge in [-0.2, -0.15) is 0 Å². The number of unbranched alkanes of at least 4 members (excludes halogenated alkanes) is 5. The maximum Gasteiger partial charge on any atom is 0.319 e. The zero-order valence-electron chi connectivity index (χ0n) is 11.3. The van der Waals surface area contributed by atoms with Gasteiger partial charge in [-0.05, 0) is 6.42 Å². The van der Waals surface area contributed by atoms with E-state index >= 15 is 0 Å². The molecule has 102 valence electrons. The smallest absolute Gasteiger partial charge is 0.319 e. The van der Waals surface area contributed by atoms with Crippen molar-refractivity contribution in [2.45, 2.75) is 45.4 Å². The molecule has 0 rings (SSSR count). The molecular weight excluding hydrogens is 218 g/mol. The van der Waals surface area contributed by atoms with Crippen molar-refractivity contribution in [1.29, 1.82) is 0 Å². The molecule has 1 N–H and O–H groups in total. The lowest BCUT2D eigenvalue weighted by Crippen LogP contribution is -2.27. The van der Waals surface area contributed by atoms with Gasteiger partial charge in [0.25, 0.3) is 0 Å². The quantitative estimate of drug-likeness (QED) is 0.422. The van der Waals surface area contributed by atoms with Crippen molar-refractivity contribution in [1.82, 2.24) is 5.32 Å². The third-order valence-corrected chi connectivity index (χ3v) is 2.51. The maximum atomic E-state index is 11.2. The van der Waals surface area contributed by atoms with Crippen molar-refractivity contribution in [3.05, 3.63) is 0 Å². The van der Waals surface area contributed by atoms with E-state index in [9.17, 15) is 4.79 Å². The van der Waals surface area contributed by atoms with Crippen LogP contribution in [0.15, 0.2) is 0 Å². The summed E-state index contributed by atoms with van der Waals surface area (Å²) >= 11 is 0. The Labute approximate surface area is 105 Å². The van der Waals surface area contributed by atoms with Crippen molar-refractivity contribution < 1.29 is 14.3 Å². The molecule has 0 saturated carbocycles.